The summed E-state index contributed by atoms with van der Waals surface area (Å²) in [5, 5.41) is 0. The van der Waals surface area contributed by atoms with Crippen LogP contribution in [0.15, 0.2) is 28.7 Å². The van der Waals surface area contributed by atoms with E-state index in [0.29, 0.717) is 0 Å². The van der Waals surface area contributed by atoms with Crippen LogP contribution in [0.3, 0.4) is 0 Å². The Labute approximate surface area is 112 Å². The van der Waals surface area contributed by atoms with Crippen LogP contribution in [0.4, 0.5) is 13.2 Å². The Morgan fingerprint density at radius 3 is 2.39 bits per heavy atom. The van der Waals surface area contributed by atoms with E-state index < -0.39 is 17.2 Å². The number of halogens is 4. The van der Waals surface area contributed by atoms with Gasteiger partial charge in [0.1, 0.15) is 0 Å². The molecule has 1 fully saturated rings. The minimum absolute atomic E-state index is 0.0556. The highest BCUT2D eigenvalue weighted by Gasteiger charge is 2.67. The average molecular weight is 323 g/mol. The molecule has 0 aromatic heterocycles. The number of hydrogen-bond donors (Lipinski definition) is 0. The van der Waals surface area contributed by atoms with Crippen molar-refractivity contribution >= 4 is 15.9 Å². The lowest BCUT2D eigenvalue weighted by Gasteiger charge is -2.29. The predicted molar refractivity (Wildman–Crippen MR) is 66.5 cm³/mol. The molecule has 100 valence electrons. The summed E-state index contributed by atoms with van der Waals surface area (Å²) in [4.78, 5) is 0. The van der Waals surface area contributed by atoms with Crippen molar-refractivity contribution in [2.75, 3.05) is 6.61 Å². The van der Waals surface area contributed by atoms with Crippen LogP contribution in [0.25, 0.3) is 0 Å². The fourth-order valence-electron chi connectivity index (χ4n) is 2.18. The first-order valence-corrected chi connectivity index (χ1v) is 6.42. The normalized spacial score (nSPS) is 24.1. The summed E-state index contributed by atoms with van der Waals surface area (Å²) in [5.74, 6) is 0. The molecule has 0 saturated carbocycles. The van der Waals surface area contributed by atoms with Gasteiger partial charge in [0.25, 0.3) is 0 Å². The molecule has 2 rings (SSSR count). The molecule has 1 heterocycles. The zero-order valence-electron chi connectivity index (χ0n) is 10.1. The average Bonchev–Trinajstić information content (AvgIpc) is 2.97. The van der Waals surface area contributed by atoms with Gasteiger partial charge in [-0.1, -0.05) is 41.9 Å². The minimum atomic E-state index is -4.30. The maximum absolute atomic E-state index is 12.9. The molecule has 1 nitrogen and oxygen atoms in total. The van der Waals surface area contributed by atoms with E-state index in [-0.39, 0.29) is 13.0 Å². The van der Waals surface area contributed by atoms with Gasteiger partial charge in [-0.2, -0.15) is 13.2 Å². The topological polar surface area (TPSA) is 12.5 Å². The van der Waals surface area contributed by atoms with E-state index in [1.54, 1.807) is 0 Å². The first-order valence-electron chi connectivity index (χ1n) is 5.63. The van der Waals surface area contributed by atoms with E-state index in [2.05, 4.69) is 15.9 Å². The Kier molecular flexibility index (Phi) is 3.26. The summed E-state index contributed by atoms with van der Waals surface area (Å²) in [6, 6.07) is 7.38. The summed E-state index contributed by atoms with van der Waals surface area (Å²) in [6.45, 7) is 3.39. The molecule has 18 heavy (non-hydrogen) atoms. The van der Waals surface area contributed by atoms with Gasteiger partial charge in [-0.05, 0) is 29.5 Å². The zero-order valence-corrected chi connectivity index (χ0v) is 11.7. The molecule has 1 aromatic rings. The molecule has 0 bridgehead atoms. The van der Waals surface area contributed by atoms with Gasteiger partial charge in [-0.15, -0.1) is 0 Å². The predicted octanol–water partition coefficient (Wildman–Crippen LogP) is 4.45. The number of ether oxygens (including phenoxy) is 1. The first-order chi connectivity index (χ1) is 8.16. The van der Waals surface area contributed by atoms with Crippen LogP contribution in [-0.2, 0) is 10.2 Å². The summed E-state index contributed by atoms with van der Waals surface area (Å²) in [7, 11) is 0. The molecule has 1 aromatic carbocycles. The highest BCUT2D eigenvalue weighted by molar-refractivity contribution is 9.10. The van der Waals surface area contributed by atoms with Crippen molar-refractivity contribution in [1.29, 1.82) is 0 Å². The fraction of sp³-hybridized carbons (Fsp3) is 0.538. The molecular formula is C13H14BrF3O. The number of rotatable bonds is 3. The van der Waals surface area contributed by atoms with E-state index in [0.717, 1.165) is 10.0 Å². The van der Waals surface area contributed by atoms with Crippen LogP contribution >= 0.6 is 15.9 Å². The van der Waals surface area contributed by atoms with Crippen LogP contribution < -0.4 is 0 Å². The second-order valence-corrected chi connectivity index (χ2v) is 6.27. The Balaban J connectivity index is 2.23. The van der Waals surface area contributed by atoms with Gasteiger partial charge < -0.3 is 4.74 Å². The van der Waals surface area contributed by atoms with Gasteiger partial charge in [-0.3, -0.25) is 0 Å². The zero-order chi connectivity index (χ0) is 13.6. The summed E-state index contributed by atoms with van der Waals surface area (Å²) in [6.07, 6.45) is -4.35. The third-order valence-electron chi connectivity index (χ3n) is 3.34. The lowest BCUT2D eigenvalue weighted by molar-refractivity contribution is -0.188. The van der Waals surface area contributed by atoms with Crippen LogP contribution in [0, 0.1) is 0 Å². The standard InChI is InChI=1S/C13H14BrF3O/c1-11(2,9-4-3-5-10(14)6-9)7-12(8-18-12)13(15,16)17/h3-6H,7-8H2,1-2H3. The number of alkyl halides is 3. The van der Waals surface area contributed by atoms with Gasteiger partial charge >= 0.3 is 6.18 Å². The summed E-state index contributed by atoms with van der Waals surface area (Å²) < 4.78 is 44.2. The van der Waals surface area contributed by atoms with Crippen molar-refractivity contribution in [1.82, 2.24) is 0 Å². The second-order valence-electron chi connectivity index (χ2n) is 5.35. The van der Waals surface area contributed by atoms with Gasteiger partial charge in [-0.25, -0.2) is 0 Å². The molecule has 1 aliphatic heterocycles. The van der Waals surface area contributed by atoms with E-state index in [1.807, 2.05) is 38.1 Å². The lowest BCUT2D eigenvalue weighted by atomic mass is 9.77. The van der Waals surface area contributed by atoms with Crippen molar-refractivity contribution in [3.8, 4) is 0 Å². The van der Waals surface area contributed by atoms with Crippen molar-refractivity contribution in [2.24, 2.45) is 0 Å². The molecule has 0 radical (unpaired) electrons. The molecular weight excluding hydrogens is 309 g/mol. The quantitative estimate of drug-likeness (QED) is 0.749. The van der Waals surface area contributed by atoms with Crippen LogP contribution in [0.2, 0.25) is 0 Å². The maximum atomic E-state index is 12.9. The Bertz CT molecular complexity index is 450. The second kappa shape index (κ2) is 4.23. The summed E-state index contributed by atoms with van der Waals surface area (Å²) in [5.41, 5.74) is -1.66. The largest absolute Gasteiger partial charge is 0.419 e. The molecule has 1 aliphatic rings. The molecule has 0 aliphatic carbocycles. The van der Waals surface area contributed by atoms with Gasteiger partial charge in [0.2, 0.25) is 0 Å². The third-order valence-corrected chi connectivity index (χ3v) is 3.84. The minimum Gasteiger partial charge on any atom is -0.360 e. The van der Waals surface area contributed by atoms with Gasteiger partial charge in [0.05, 0.1) is 6.61 Å². The van der Waals surface area contributed by atoms with Crippen LogP contribution in [0.5, 0.6) is 0 Å². The van der Waals surface area contributed by atoms with Crippen LogP contribution in [-0.4, -0.2) is 18.4 Å². The third kappa shape index (κ3) is 2.57. The highest BCUT2D eigenvalue weighted by Crippen LogP contribution is 2.51. The Morgan fingerprint density at radius 2 is 1.94 bits per heavy atom. The van der Waals surface area contributed by atoms with Gasteiger partial charge in [0.15, 0.2) is 5.60 Å². The molecule has 5 heteroatoms. The lowest BCUT2D eigenvalue weighted by Crippen LogP contribution is -2.38. The first kappa shape index (κ1) is 13.9. The monoisotopic (exact) mass is 322 g/mol. The smallest absolute Gasteiger partial charge is 0.360 e. The van der Waals surface area contributed by atoms with E-state index in [4.69, 9.17) is 4.74 Å². The molecule has 1 atom stereocenters. The number of hydrogen-bond acceptors (Lipinski definition) is 1. The van der Waals surface area contributed by atoms with E-state index in [9.17, 15) is 13.2 Å². The molecule has 1 saturated heterocycles. The Hall–Kier alpha value is -0.550. The highest BCUT2D eigenvalue weighted by atomic mass is 79.9. The molecule has 0 N–H and O–H groups in total. The maximum Gasteiger partial charge on any atom is 0.419 e. The number of epoxide rings is 1. The van der Waals surface area contributed by atoms with Crippen molar-refractivity contribution < 1.29 is 17.9 Å². The van der Waals surface area contributed by atoms with E-state index >= 15 is 0 Å². The van der Waals surface area contributed by atoms with Crippen molar-refractivity contribution in [2.45, 2.75) is 37.5 Å². The van der Waals surface area contributed by atoms with Crippen molar-refractivity contribution in [3.63, 3.8) is 0 Å². The van der Waals surface area contributed by atoms with E-state index in [1.165, 1.54) is 0 Å². The fourth-order valence-corrected chi connectivity index (χ4v) is 2.58. The van der Waals surface area contributed by atoms with Crippen molar-refractivity contribution in [3.05, 3.63) is 34.3 Å². The molecule has 1 unspecified atom stereocenters. The number of benzene rings is 1. The Morgan fingerprint density at radius 1 is 1.33 bits per heavy atom. The molecule has 0 spiro atoms. The van der Waals surface area contributed by atoms with Crippen LogP contribution in [0.1, 0.15) is 25.8 Å². The molecule has 0 amide bonds. The SMILES string of the molecule is CC(C)(CC1(C(F)(F)F)CO1)c1cccc(Br)c1. The summed E-state index contributed by atoms with van der Waals surface area (Å²) >= 11 is 3.34. The van der Waals surface area contributed by atoms with Gasteiger partial charge in [0, 0.05) is 4.47 Å².